The van der Waals surface area contributed by atoms with E-state index in [1.807, 2.05) is 0 Å². The molecular formula is C10H9F3N2OS. The molecule has 0 aliphatic carbocycles. The molecule has 0 amide bonds. The summed E-state index contributed by atoms with van der Waals surface area (Å²) in [6, 6.07) is 2.52. The van der Waals surface area contributed by atoms with E-state index < -0.39 is 18.8 Å². The van der Waals surface area contributed by atoms with Gasteiger partial charge < -0.3 is 14.3 Å². The quantitative estimate of drug-likeness (QED) is 0.861. The number of ether oxygens (including phenoxy) is 1. The van der Waals surface area contributed by atoms with Crippen LogP contribution < -0.4 is 4.74 Å². The van der Waals surface area contributed by atoms with Gasteiger partial charge in [0.1, 0.15) is 0 Å². The van der Waals surface area contributed by atoms with E-state index in [-0.39, 0.29) is 10.5 Å². The Morgan fingerprint density at radius 1 is 1.47 bits per heavy atom. The Morgan fingerprint density at radius 2 is 2.18 bits per heavy atom. The van der Waals surface area contributed by atoms with Crippen molar-refractivity contribution >= 4 is 23.3 Å². The third kappa shape index (κ3) is 2.14. The van der Waals surface area contributed by atoms with E-state index in [9.17, 15) is 13.2 Å². The second-order valence-corrected chi connectivity index (χ2v) is 3.82. The molecule has 92 valence electrons. The molecule has 0 saturated carbocycles. The number of H-pyrrole nitrogens is 1. The van der Waals surface area contributed by atoms with Crippen molar-refractivity contribution in [1.29, 1.82) is 0 Å². The average Bonchev–Trinajstić information content (AvgIpc) is 2.53. The summed E-state index contributed by atoms with van der Waals surface area (Å²) in [5.41, 5.74) is 0.766. The van der Waals surface area contributed by atoms with Gasteiger partial charge in [0, 0.05) is 12.1 Å². The van der Waals surface area contributed by atoms with Crippen molar-refractivity contribution in [3.05, 3.63) is 22.7 Å². The van der Waals surface area contributed by atoms with Gasteiger partial charge in [-0.1, -0.05) is 0 Å². The number of methoxy groups -OCH3 is 1. The van der Waals surface area contributed by atoms with Crippen LogP contribution in [-0.4, -0.2) is 23.1 Å². The predicted molar refractivity (Wildman–Crippen MR) is 59.6 cm³/mol. The van der Waals surface area contributed by atoms with Crippen LogP contribution in [0.1, 0.15) is 0 Å². The minimum Gasteiger partial charge on any atom is -0.494 e. The minimum atomic E-state index is -2.53. The number of rotatable bonds is 3. The van der Waals surface area contributed by atoms with Gasteiger partial charge in [-0.05, 0) is 12.2 Å². The Labute approximate surface area is 99.8 Å². The van der Waals surface area contributed by atoms with E-state index in [1.165, 1.54) is 23.8 Å². The number of benzene rings is 1. The Kier molecular flexibility index (Phi) is 3.10. The van der Waals surface area contributed by atoms with E-state index in [2.05, 4.69) is 4.98 Å². The van der Waals surface area contributed by atoms with Gasteiger partial charge in [-0.15, -0.1) is 0 Å². The molecule has 7 heteroatoms. The number of aromatic nitrogens is 2. The lowest BCUT2D eigenvalue weighted by Crippen LogP contribution is -2.06. The number of hydrogen-bond acceptors (Lipinski definition) is 2. The first-order chi connectivity index (χ1) is 8.02. The smallest absolute Gasteiger partial charge is 0.256 e. The molecule has 3 nitrogen and oxygen atoms in total. The van der Waals surface area contributed by atoms with Crippen molar-refractivity contribution in [1.82, 2.24) is 9.55 Å². The van der Waals surface area contributed by atoms with Crippen LogP contribution >= 0.6 is 12.2 Å². The van der Waals surface area contributed by atoms with Gasteiger partial charge in [0.2, 0.25) is 0 Å². The molecule has 0 saturated heterocycles. The molecule has 1 N–H and O–H groups in total. The monoisotopic (exact) mass is 262 g/mol. The van der Waals surface area contributed by atoms with Crippen molar-refractivity contribution in [3.8, 4) is 5.75 Å². The number of alkyl halides is 2. The SMILES string of the molecule is COc1cc2c(cc1F)[nH]c(=S)n2CC(F)F. The van der Waals surface area contributed by atoms with Crippen LogP contribution in [0, 0.1) is 10.6 Å². The average molecular weight is 262 g/mol. The van der Waals surface area contributed by atoms with Crippen molar-refractivity contribution in [2.45, 2.75) is 13.0 Å². The zero-order valence-electron chi connectivity index (χ0n) is 8.84. The molecule has 1 aromatic heterocycles. The molecule has 0 atom stereocenters. The van der Waals surface area contributed by atoms with Crippen molar-refractivity contribution < 1.29 is 17.9 Å². The van der Waals surface area contributed by atoms with Gasteiger partial charge in [-0.2, -0.15) is 0 Å². The fraction of sp³-hybridized carbons (Fsp3) is 0.300. The molecule has 0 aliphatic heterocycles. The Bertz CT molecular complexity index is 605. The number of nitrogens with zero attached hydrogens (tertiary/aromatic N) is 1. The van der Waals surface area contributed by atoms with Crippen molar-refractivity contribution in [3.63, 3.8) is 0 Å². The first-order valence-electron chi connectivity index (χ1n) is 4.77. The minimum absolute atomic E-state index is 0.00508. The number of nitrogens with one attached hydrogen (secondary N) is 1. The number of aromatic amines is 1. The highest BCUT2D eigenvalue weighted by molar-refractivity contribution is 7.71. The van der Waals surface area contributed by atoms with E-state index in [0.717, 1.165) is 0 Å². The molecule has 0 radical (unpaired) electrons. The summed E-state index contributed by atoms with van der Waals surface area (Å²) in [5, 5.41) is 0. The van der Waals surface area contributed by atoms with Gasteiger partial charge in [-0.3, -0.25) is 0 Å². The maximum absolute atomic E-state index is 13.4. The molecule has 17 heavy (non-hydrogen) atoms. The molecule has 0 unspecified atom stereocenters. The fourth-order valence-corrected chi connectivity index (χ4v) is 1.92. The number of halogens is 3. The van der Waals surface area contributed by atoms with Gasteiger partial charge >= 0.3 is 0 Å². The highest BCUT2D eigenvalue weighted by Gasteiger charge is 2.13. The third-order valence-electron chi connectivity index (χ3n) is 2.37. The van der Waals surface area contributed by atoms with E-state index >= 15 is 0 Å². The van der Waals surface area contributed by atoms with Crippen LogP contribution in [0.2, 0.25) is 0 Å². The summed E-state index contributed by atoms with van der Waals surface area (Å²) in [5.74, 6) is -0.574. The molecule has 1 aromatic carbocycles. The zero-order valence-corrected chi connectivity index (χ0v) is 9.65. The van der Waals surface area contributed by atoms with Crippen LogP contribution in [0.3, 0.4) is 0 Å². The van der Waals surface area contributed by atoms with Crippen LogP contribution in [0.25, 0.3) is 11.0 Å². The maximum Gasteiger partial charge on any atom is 0.256 e. The molecule has 0 fully saturated rings. The lowest BCUT2D eigenvalue weighted by molar-refractivity contribution is 0.127. The second-order valence-electron chi connectivity index (χ2n) is 3.44. The number of hydrogen-bond donors (Lipinski definition) is 1. The van der Waals surface area contributed by atoms with Crippen LogP contribution in [-0.2, 0) is 6.54 Å². The second kappa shape index (κ2) is 4.40. The Balaban J connectivity index is 2.67. The van der Waals surface area contributed by atoms with E-state index in [0.29, 0.717) is 11.0 Å². The normalized spacial score (nSPS) is 11.4. The van der Waals surface area contributed by atoms with Gasteiger partial charge in [0.25, 0.3) is 6.43 Å². The molecular weight excluding hydrogens is 253 g/mol. The standard InChI is InChI=1S/C10H9F3N2OS/c1-16-8-3-7-6(2-5(8)11)14-10(17)15(7)4-9(12)13/h2-3,9H,4H2,1H3,(H,14,17). The Morgan fingerprint density at radius 3 is 2.76 bits per heavy atom. The summed E-state index contributed by atoms with van der Waals surface area (Å²) in [6.45, 7) is -0.534. The fourth-order valence-electron chi connectivity index (χ4n) is 1.63. The summed E-state index contributed by atoms with van der Waals surface area (Å²) in [4.78, 5) is 2.67. The van der Waals surface area contributed by atoms with Gasteiger partial charge in [0.05, 0.1) is 24.7 Å². The first kappa shape index (κ1) is 12.0. The topological polar surface area (TPSA) is 29.9 Å². The van der Waals surface area contributed by atoms with Crippen molar-refractivity contribution in [2.24, 2.45) is 0 Å². The van der Waals surface area contributed by atoms with Gasteiger partial charge in [0.15, 0.2) is 16.3 Å². The third-order valence-corrected chi connectivity index (χ3v) is 2.69. The van der Waals surface area contributed by atoms with Gasteiger partial charge in [-0.25, -0.2) is 13.2 Å². The predicted octanol–water partition coefficient (Wildman–Crippen LogP) is 3.11. The molecule has 0 spiro atoms. The molecule has 2 rings (SSSR count). The molecule has 0 aliphatic rings. The summed E-state index contributed by atoms with van der Waals surface area (Å²) < 4.78 is 44.3. The molecule has 2 aromatic rings. The van der Waals surface area contributed by atoms with Crippen LogP contribution in [0.4, 0.5) is 13.2 Å². The lowest BCUT2D eigenvalue weighted by Gasteiger charge is -2.05. The zero-order chi connectivity index (χ0) is 12.6. The maximum atomic E-state index is 13.4. The molecule has 1 heterocycles. The summed E-state index contributed by atoms with van der Waals surface area (Å²) in [6.07, 6.45) is -2.53. The first-order valence-corrected chi connectivity index (χ1v) is 5.18. The highest BCUT2D eigenvalue weighted by Crippen LogP contribution is 2.24. The van der Waals surface area contributed by atoms with E-state index in [1.54, 1.807) is 0 Å². The lowest BCUT2D eigenvalue weighted by atomic mass is 10.3. The summed E-state index contributed by atoms with van der Waals surface area (Å²) in [7, 11) is 1.31. The molecule has 0 bridgehead atoms. The number of fused-ring (bicyclic) bond motifs is 1. The van der Waals surface area contributed by atoms with Crippen LogP contribution in [0.15, 0.2) is 12.1 Å². The number of imidazole rings is 1. The van der Waals surface area contributed by atoms with E-state index in [4.69, 9.17) is 17.0 Å². The largest absolute Gasteiger partial charge is 0.494 e. The summed E-state index contributed by atoms with van der Waals surface area (Å²) >= 11 is 4.90. The highest BCUT2D eigenvalue weighted by atomic mass is 32.1. The van der Waals surface area contributed by atoms with Crippen molar-refractivity contribution in [2.75, 3.05) is 7.11 Å². The Hall–Kier alpha value is -1.50. The van der Waals surface area contributed by atoms with Crippen LogP contribution in [0.5, 0.6) is 5.75 Å².